The molecule has 0 amide bonds. The van der Waals surface area contributed by atoms with Crippen molar-refractivity contribution in [3.05, 3.63) is 30.3 Å². The summed E-state index contributed by atoms with van der Waals surface area (Å²) in [5, 5.41) is 15.3. The van der Waals surface area contributed by atoms with Gasteiger partial charge in [-0.2, -0.15) is 4.68 Å². The molecule has 0 aliphatic heterocycles. The van der Waals surface area contributed by atoms with Crippen molar-refractivity contribution in [3.63, 3.8) is 0 Å². The summed E-state index contributed by atoms with van der Waals surface area (Å²) in [4.78, 5) is 0. The Labute approximate surface area is 125 Å². The van der Waals surface area contributed by atoms with Crippen molar-refractivity contribution in [2.24, 2.45) is 11.8 Å². The Balaban J connectivity index is 1.53. The van der Waals surface area contributed by atoms with Gasteiger partial charge in [-0.25, -0.2) is 0 Å². The fraction of sp³-hybridized carbons (Fsp3) is 0.562. The highest BCUT2D eigenvalue weighted by Crippen LogP contribution is 2.30. The molecule has 0 radical (unpaired) electrons. The van der Waals surface area contributed by atoms with E-state index in [0.29, 0.717) is 0 Å². The van der Waals surface area contributed by atoms with Crippen LogP contribution in [0.2, 0.25) is 0 Å². The van der Waals surface area contributed by atoms with E-state index in [4.69, 9.17) is 0 Å². The molecule has 1 aromatic heterocycles. The monoisotopic (exact) mass is 285 g/mol. The highest BCUT2D eigenvalue weighted by Gasteiger charge is 2.18. The number of tetrazole rings is 1. The van der Waals surface area contributed by atoms with Crippen molar-refractivity contribution in [2.75, 3.05) is 11.9 Å². The minimum atomic E-state index is 0.727. The van der Waals surface area contributed by atoms with Crippen LogP contribution in [-0.2, 0) is 0 Å². The molecule has 1 aliphatic rings. The third-order valence-electron chi connectivity index (χ3n) is 4.44. The van der Waals surface area contributed by atoms with E-state index in [1.807, 2.05) is 30.3 Å². The van der Waals surface area contributed by atoms with Crippen LogP contribution >= 0.6 is 0 Å². The molecule has 1 aromatic carbocycles. The number of nitrogens with zero attached hydrogens (tertiary/aromatic N) is 4. The van der Waals surface area contributed by atoms with Crippen LogP contribution in [-0.4, -0.2) is 26.8 Å². The Morgan fingerprint density at radius 1 is 1.14 bits per heavy atom. The van der Waals surface area contributed by atoms with E-state index >= 15 is 0 Å². The standard InChI is InChI=1S/C16H23N5/c1-13-7-9-14(10-8-13)11-12-17-16-18-19-20-21(16)15-5-3-2-4-6-15/h2-6,13-14H,7-12H2,1H3,(H,17,18,20). The molecule has 0 saturated heterocycles. The molecule has 1 fully saturated rings. The fourth-order valence-corrected chi connectivity index (χ4v) is 3.05. The van der Waals surface area contributed by atoms with Gasteiger partial charge in [0.05, 0.1) is 5.69 Å². The average molecular weight is 285 g/mol. The molecule has 1 N–H and O–H groups in total. The van der Waals surface area contributed by atoms with Gasteiger partial charge in [0.25, 0.3) is 0 Å². The van der Waals surface area contributed by atoms with E-state index in [1.165, 1.54) is 32.1 Å². The second-order valence-electron chi connectivity index (χ2n) is 6.09. The Morgan fingerprint density at radius 3 is 2.67 bits per heavy atom. The summed E-state index contributed by atoms with van der Waals surface area (Å²) in [7, 11) is 0. The predicted molar refractivity (Wildman–Crippen MR) is 83.4 cm³/mol. The zero-order valence-corrected chi connectivity index (χ0v) is 12.6. The maximum absolute atomic E-state index is 4.08. The number of benzene rings is 1. The average Bonchev–Trinajstić information content (AvgIpc) is 2.99. The zero-order valence-electron chi connectivity index (χ0n) is 12.6. The van der Waals surface area contributed by atoms with Crippen molar-refractivity contribution in [1.82, 2.24) is 20.2 Å². The molecule has 5 nitrogen and oxygen atoms in total. The molecule has 3 rings (SSSR count). The molecule has 1 saturated carbocycles. The summed E-state index contributed by atoms with van der Waals surface area (Å²) < 4.78 is 1.75. The fourth-order valence-electron chi connectivity index (χ4n) is 3.05. The van der Waals surface area contributed by atoms with Crippen LogP contribution in [0.1, 0.15) is 39.0 Å². The summed E-state index contributed by atoms with van der Waals surface area (Å²) in [5.74, 6) is 2.50. The summed E-state index contributed by atoms with van der Waals surface area (Å²) in [6, 6.07) is 9.98. The van der Waals surface area contributed by atoms with Gasteiger partial charge >= 0.3 is 0 Å². The summed E-state index contributed by atoms with van der Waals surface area (Å²) in [6.07, 6.45) is 6.70. The lowest BCUT2D eigenvalue weighted by Gasteiger charge is -2.26. The number of para-hydroxylation sites is 1. The van der Waals surface area contributed by atoms with Gasteiger partial charge in [-0.3, -0.25) is 0 Å². The maximum atomic E-state index is 4.08. The van der Waals surface area contributed by atoms with E-state index in [9.17, 15) is 0 Å². The van der Waals surface area contributed by atoms with E-state index in [1.54, 1.807) is 4.68 Å². The lowest BCUT2D eigenvalue weighted by Crippen LogP contribution is -2.17. The summed E-state index contributed by atoms with van der Waals surface area (Å²) in [6.45, 7) is 3.30. The largest absolute Gasteiger partial charge is 0.353 e. The van der Waals surface area contributed by atoms with Crippen LogP contribution in [0.15, 0.2) is 30.3 Å². The smallest absolute Gasteiger partial charge is 0.247 e. The number of nitrogens with one attached hydrogen (secondary N) is 1. The SMILES string of the molecule is CC1CCC(CCNc2nnnn2-c2ccccc2)CC1. The third-order valence-corrected chi connectivity index (χ3v) is 4.44. The molecule has 1 aliphatic carbocycles. The third kappa shape index (κ3) is 3.60. The minimum Gasteiger partial charge on any atom is -0.353 e. The van der Waals surface area contributed by atoms with Crippen LogP contribution in [0.25, 0.3) is 5.69 Å². The minimum absolute atomic E-state index is 0.727. The van der Waals surface area contributed by atoms with Gasteiger partial charge in [0.1, 0.15) is 0 Å². The summed E-state index contributed by atoms with van der Waals surface area (Å²) in [5.41, 5.74) is 0.983. The van der Waals surface area contributed by atoms with Crippen LogP contribution in [0.4, 0.5) is 5.95 Å². The molecule has 2 aromatic rings. The van der Waals surface area contributed by atoms with E-state index in [0.717, 1.165) is 30.0 Å². The molecule has 1 heterocycles. The van der Waals surface area contributed by atoms with Crippen LogP contribution in [0.3, 0.4) is 0 Å². The van der Waals surface area contributed by atoms with Crippen molar-refractivity contribution < 1.29 is 0 Å². The van der Waals surface area contributed by atoms with Crippen LogP contribution < -0.4 is 5.32 Å². The Bertz CT molecular complexity index is 543. The first kappa shape index (κ1) is 14.0. The molecule has 112 valence electrons. The van der Waals surface area contributed by atoms with Gasteiger partial charge in [-0.15, -0.1) is 0 Å². The van der Waals surface area contributed by atoms with Crippen LogP contribution in [0.5, 0.6) is 0 Å². The number of anilines is 1. The number of rotatable bonds is 5. The first-order chi connectivity index (χ1) is 10.3. The lowest BCUT2D eigenvalue weighted by atomic mass is 9.81. The van der Waals surface area contributed by atoms with Crippen LogP contribution in [0, 0.1) is 11.8 Å². The number of aromatic nitrogens is 4. The second kappa shape index (κ2) is 6.70. The molecule has 5 heteroatoms. The van der Waals surface area contributed by atoms with E-state index < -0.39 is 0 Å². The number of hydrogen-bond donors (Lipinski definition) is 1. The van der Waals surface area contributed by atoms with Gasteiger partial charge in [0.15, 0.2) is 0 Å². The second-order valence-corrected chi connectivity index (χ2v) is 6.09. The van der Waals surface area contributed by atoms with Crippen molar-refractivity contribution in [3.8, 4) is 5.69 Å². The molecular weight excluding hydrogens is 262 g/mol. The van der Waals surface area contributed by atoms with Gasteiger partial charge in [0.2, 0.25) is 5.95 Å². The Morgan fingerprint density at radius 2 is 1.90 bits per heavy atom. The van der Waals surface area contributed by atoms with Gasteiger partial charge < -0.3 is 5.32 Å². The molecule has 0 spiro atoms. The summed E-state index contributed by atoms with van der Waals surface area (Å²) >= 11 is 0. The van der Waals surface area contributed by atoms with Crippen molar-refractivity contribution >= 4 is 5.95 Å². The molecular formula is C16H23N5. The molecule has 21 heavy (non-hydrogen) atoms. The van der Waals surface area contributed by atoms with E-state index in [2.05, 4.69) is 27.8 Å². The normalized spacial score (nSPS) is 22.1. The molecule has 0 bridgehead atoms. The number of hydrogen-bond acceptors (Lipinski definition) is 4. The predicted octanol–water partition coefficient (Wildman–Crippen LogP) is 3.29. The molecule has 0 atom stereocenters. The quantitative estimate of drug-likeness (QED) is 0.916. The van der Waals surface area contributed by atoms with Gasteiger partial charge in [-0.1, -0.05) is 55.9 Å². The van der Waals surface area contributed by atoms with Crippen molar-refractivity contribution in [2.45, 2.75) is 39.0 Å². The first-order valence-corrected chi connectivity index (χ1v) is 7.90. The Kier molecular flexibility index (Phi) is 4.48. The lowest BCUT2D eigenvalue weighted by molar-refractivity contribution is 0.281. The van der Waals surface area contributed by atoms with Gasteiger partial charge in [-0.05, 0) is 40.8 Å². The van der Waals surface area contributed by atoms with Gasteiger partial charge in [0, 0.05) is 6.54 Å². The first-order valence-electron chi connectivity index (χ1n) is 7.90. The van der Waals surface area contributed by atoms with E-state index in [-0.39, 0.29) is 0 Å². The maximum Gasteiger partial charge on any atom is 0.247 e. The molecule has 0 unspecified atom stereocenters. The topological polar surface area (TPSA) is 55.6 Å². The highest BCUT2D eigenvalue weighted by atomic mass is 15.6. The van der Waals surface area contributed by atoms with Crippen molar-refractivity contribution in [1.29, 1.82) is 0 Å². The highest BCUT2D eigenvalue weighted by molar-refractivity contribution is 5.38. The zero-order chi connectivity index (χ0) is 14.5. The Hall–Kier alpha value is -1.91.